The van der Waals surface area contributed by atoms with Crippen LogP contribution in [-0.2, 0) is 0 Å². The molecule has 4 atom stereocenters. The van der Waals surface area contributed by atoms with E-state index in [-0.39, 0.29) is 0 Å². The molecule has 0 aliphatic heterocycles. The van der Waals surface area contributed by atoms with Crippen molar-refractivity contribution >= 4 is 0 Å². The van der Waals surface area contributed by atoms with Crippen molar-refractivity contribution in [2.75, 3.05) is 7.05 Å². The first kappa shape index (κ1) is 19.3. The molecule has 0 heterocycles. The highest BCUT2D eigenvalue weighted by molar-refractivity contribution is 4.79. The van der Waals surface area contributed by atoms with Gasteiger partial charge in [0.2, 0.25) is 0 Å². The van der Waals surface area contributed by atoms with Gasteiger partial charge in [0, 0.05) is 12.1 Å². The molecule has 0 bridgehead atoms. The van der Waals surface area contributed by atoms with Crippen LogP contribution >= 0.6 is 0 Å². The molecule has 0 saturated heterocycles. The number of hydrogen-bond acceptors (Lipinski definition) is 1. The zero-order valence-corrected chi connectivity index (χ0v) is 16.4. The van der Waals surface area contributed by atoms with Gasteiger partial charge >= 0.3 is 0 Å². The molecule has 0 radical (unpaired) electrons. The Labute approximate surface area is 146 Å². The van der Waals surface area contributed by atoms with Gasteiger partial charge in [0.1, 0.15) is 0 Å². The third-order valence-corrected chi connectivity index (χ3v) is 6.85. The third kappa shape index (κ3) is 7.16. The van der Waals surface area contributed by atoms with Gasteiger partial charge in [0.25, 0.3) is 0 Å². The van der Waals surface area contributed by atoms with Crippen molar-refractivity contribution in [2.45, 2.75) is 122 Å². The Morgan fingerprint density at radius 1 is 0.478 bits per heavy atom. The highest BCUT2D eigenvalue weighted by Gasteiger charge is 2.24. The van der Waals surface area contributed by atoms with Gasteiger partial charge in [-0.15, -0.1) is 0 Å². The summed E-state index contributed by atoms with van der Waals surface area (Å²) in [5.74, 6) is 1.92. The van der Waals surface area contributed by atoms with E-state index in [2.05, 4.69) is 25.8 Å². The normalized spacial score (nSPS) is 36.0. The molecule has 1 nitrogen and oxygen atoms in total. The minimum absolute atomic E-state index is 0.860. The molecule has 2 aliphatic carbocycles. The highest BCUT2D eigenvalue weighted by atomic mass is 15.2. The summed E-state index contributed by atoms with van der Waals surface area (Å²) in [4.78, 5) is 2.84. The Morgan fingerprint density at radius 3 is 1.65 bits per heavy atom. The van der Waals surface area contributed by atoms with Gasteiger partial charge in [-0.2, -0.15) is 0 Å². The van der Waals surface area contributed by atoms with Crippen LogP contribution < -0.4 is 0 Å². The lowest BCUT2D eigenvalue weighted by atomic mass is 9.89. The maximum absolute atomic E-state index is 2.84. The van der Waals surface area contributed by atoms with Gasteiger partial charge in [-0.1, -0.05) is 78.1 Å². The van der Waals surface area contributed by atoms with Gasteiger partial charge in [-0.25, -0.2) is 0 Å². The molecule has 4 unspecified atom stereocenters. The molecule has 1 heteroatoms. The second kappa shape index (κ2) is 10.7. The molecule has 0 aromatic heterocycles. The smallest absolute Gasteiger partial charge is 0.00952 e. The van der Waals surface area contributed by atoms with E-state index in [1.165, 1.54) is 96.3 Å². The molecule has 136 valence electrons. The van der Waals surface area contributed by atoms with Crippen molar-refractivity contribution in [3.63, 3.8) is 0 Å². The van der Waals surface area contributed by atoms with Crippen molar-refractivity contribution in [3.05, 3.63) is 0 Å². The van der Waals surface area contributed by atoms with Crippen molar-refractivity contribution in [2.24, 2.45) is 11.8 Å². The Hall–Kier alpha value is -0.0400. The van der Waals surface area contributed by atoms with Gasteiger partial charge < -0.3 is 4.90 Å². The van der Waals surface area contributed by atoms with E-state index in [0.29, 0.717) is 0 Å². The SMILES string of the molecule is CC1CCCCC(N(C)C2CCCCCCC(C)CC2)CCC1. The minimum Gasteiger partial charge on any atom is -0.300 e. The summed E-state index contributed by atoms with van der Waals surface area (Å²) in [6.45, 7) is 4.95. The number of nitrogens with zero attached hydrogens (tertiary/aromatic N) is 1. The van der Waals surface area contributed by atoms with Crippen LogP contribution in [0.5, 0.6) is 0 Å². The maximum Gasteiger partial charge on any atom is 0.00952 e. The van der Waals surface area contributed by atoms with Crippen molar-refractivity contribution in [1.29, 1.82) is 0 Å². The van der Waals surface area contributed by atoms with Crippen LogP contribution in [0.25, 0.3) is 0 Å². The summed E-state index contributed by atoms with van der Waals surface area (Å²) in [5, 5.41) is 0. The number of hydrogen-bond donors (Lipinski definition) is 0. The molecule has 0 aromatic rings. The first-order valence-electron chi connectivity index (χ1n) is 10.9. The van der Waals surface area contributed by atoms with Crippen LogP contribution in [0.3, 0.4) is 0 Å². The fraction of sp³-hybridized carbons (Fsp3) is 1.00. The second-order valence-corrected chi connectivity index (χ2v) is 8.97. The average molecular weight is 322 g/mol. The van der Waals surface area contributed by atoms with E-state index >= 15 is 0 Å². The largest absolute Gasteiger partial charge is 0.300 e. The predicted molar refractivity (Wildman–Crippen MR) is 103 cm³/mol. The fourth-order valence-electron chi connectivity index (χ4n) is 4.97. The van der Waals surface area contributed by atoms with Crippen LogP contribution in [-0.4, -0.2) is 24.0 Å². The quantitative estimate of drug-likeness (QED) is 0.540. The molecule has 0 aromatic carbocycles. The predicted octanol–water partition coefficient (Wildman–Crippen LogP) is 6.81. The molecular weight excluding hydrogens is 278 g/mol. The molecule has 2 fully saturated rings. The lowest BCUT2D eigenvalue weighted by Crippen LogP contribution is -2.40. The molecule has 0 amide bonds. The monoisotopic (exact) mass is 321 g/mol. The summed E-state index contributed by atoms with van der Waals surface area (Å²) in [7, 11) is 2.47. The molecular formula is C22H43N. The molecule has 0 spiro atoms. The maximum atomic E-state index is 2.84. The zero-order valence-electron chi connectivity index (χ0n) is 16.4. The van der Waals surface area contributed by atoms with Crippen LogP contribution in [0.15, 0.2) is 0 Å². The standard InChI is InChI=1S/C22H43N/c1-19-12-8-9-15-21(16-10-13-19)23(3)22-14-7-5-4-6-11-20(2)17-18-22/h19-22H,4-18H2,1-3H3. The highest BCUT2D eigenvalue weighted by Crippen LogP contribution is 2.29. The lowest BCUT2D eigenvalue weighted by molar-refractivity contribution is 0.128. The Kier molecular flexibility index (Phi) is 9.01. The van der Waals surface area contributed by atoms with Gasteiger partial charge in [0.15, 0.2) is 0 Å². The van der Waals surface area contributed by atoms with Crippen LogP contribution in [0, 0.1) is 11.8 Å². The van der Waals surface area contributed by atoms with E-state index in [4.69, 9.17) is 0 Å². The molecule has 0 N–H and O–H groups in total. The van der Waals surface area contributed by atoms with Crippen molar-refractivity contribution in [3.8, 4) is 0 Å². The van der Waals surface area contributed by atoms with Gasteiger partial charge in [-0.3, -0.25) is 0 Å². The Bertz CT molecular complexity index is 300. The molecule has 2 rings (SSSR count). The van der Waals surface area contributed by atoms with E-state index in [1.54, 1.807) is 0 Å². The molecule has 23 heavy (non-hydrogen) atoms. The second-order valence-electron chi connectivity index (χ2n) is 8.97. The van der Waals surface area contributed by atoms with Crippen LogP contribution in [0.2, 0.25) is 0 Å². The van der Waals surface area contributed by atoms with E-state index in [0.717, 1.165) is 23.9 Å². The van der Waals surface area contributed by atoms with Crippen molar-refractivity contribution in [1.82, 2.24) is 4.90 Å². The minimum atomic E-state index is 0.860. The van der Waals surface area contributed by atoms with E-state index in [1.807, 2.05) is 0 Å². The summed E-state index contributed by atoms with van der Waals surface area (Å²) in [6.07, 6.45) is 21.9. The topological polar surface area (TPSA) is 3.24 Å². The van der Waals surface area contributed by atoms with Crippen LogP contribution in [0.4, 0.5) is 0 Å². The summed E-state index contributed by atoms with van der Waals surface area (Å²) >= 11 is 0. The first-order chi connectivity index (χ1) is 11.2. The Balaban J connectivity index is 1.89. The van der Waals surface area contributed by atoms with Gasteiger partial charge in [0.05, 0.1) is 0 Å². The Morgan fingerprint density at radius 2 is 0.913 bits per heavy atom. The molecule has 2 aliphatic rings. The summed E-state index contributed by atoms with van der Waals surface area (Å²) in [5.41, 5.74) is 0. The average Bonchev–Trinajstić information content (AvgIpc) is 2.65. The third-order valence-electron chi connectivity index (χ3n) is 6.85. The van der Waals surface area contributed by atoms with Crippen molar-refractivity contribution < 1.29 is 0 Å². The first-order valence-corrected chi connectivity index (χ1v) is 10.9. The summed E-state index contributed by atoms with van der Waals surface area (Å²) < 4.78 is 0. The lowest BCUT2D eigenvalue weighted by Gasteiger charge is -2.36. The number of rotatable bonds is 2. The van der Waals surface area contributed by atoms with Crippen LogP contribution in [0.1, 0.15) is 110 Å². The zero-order chi connectivity index (χ0) is 16.5. The molecule has 2 saturated carbocycles. The van der Waals surface area contributed by atoms with Gasteiger partial charge in [-0.05, 0) is 51.0 Å². The van der Waals surface area contributed by atoms with E-state index in [9.17, 15) is 0 Å². The fourth-order valence-corrected chi connectivity index (χ4v) is 4.97. The summed E-state index contributed by atoms with van der Waals surface area (Å²) in [6, 6.07) is 1.72. The van der Waals surface area contributed by atoms with E-state index < -0.39 is 0 Å².